The Kier molecular flexibility index (Phi) is 5.26. The van der Waals surface area contributed by atoms with Crippen molar-refractivity contribution < 1.29 is 0 Å². The van der Waals surface area contributed by atoms with Crippen molar-refractivity contribution in [1.82, 2.24) is 34.6 Å². The molecular weight excluding hydrogens is 546 g/mol. The average Bonchev–Trinajstić information content (AvgIpc) is 3.80. The molecule has 2 aromatic carbocycles. The first-order chi connectivity index (χ1) is 21.9. The Balaban J connectivity index is 1.21. The van der Waals surface area contributed by atoms with E-state index in [0.717, 1.165) is 76.2 Å². The zero-order chi connectivity index (χ0) is 28.8. The molecule has 0 spiro atoms. The van der Waals surface area contributed by atoms with E-state index in [2.05, 4.69) is 101 Å². The van der Waals surface area contributed by atoms with Gasteiger partial charge in [-0.25, -0.2) is 4.99 Å². The normalized spacial score (nSPS) is 24.6. The van der Waals surface area contributed by atoms with Crippen LogP contribution in [0.4, 0.5) is 5.69 Å². The van der Waals surface area contributed by atoms with Crippen LogP contribution in [0.2, 0.25) is 0 Å². The van der Waals surface area contributed by atoms with Crippen LogP contribution >= 0.6 is 0 Å². The molecule has 9 nitrogen and oxygen atoms in total. The largest absolute Gasteiger partial charge is 0.307 e. The number of anilines is 1. The molecular formula is C35H33N9. The third kappa shape index (κ3) is 3.33. The van der Waals surface area contributed by atoms with E-state index in [1.807, 2.05) is 24.7 Å². The number of hydrogen-bond acceptors (Lipinski definition) is 7. The smallest absolute Gasteiger partial charge is 0.204 e. The summed E-state index contributed by atoms with van der Waals surface area (Å²) in [6.45, 7) is 2.11. The van der Waals surface area contributed by atoms with Gasteiger partial charge in [0.1, 0.15) is 18.0 Å². The molecule has 10 rings (SSSR count). The topological polar surface area (TPSA) is 78.5 Å². The number of fused-ring (bicyclic) bond motifs is 10. The van der Waals surface area contributed by atoms with E-state index >= 15 is 0 Å². The van der Waals surface area contributed by atoms with Crippen molar-refractivity contribution in [1.29, 1.82) is 0 Å². The highest BCUT2D eigenvalue weighted by Crippen LogP contribution is 2.42. The maximum atomic E-state index is 5.37. The molecule has 3 fully saturated rings. The van der Waals surface area contributed by atoms with Crippen molar-refractivity contribution in [3.8, 4) is 11.4 Å². The number of piperidine rings is 2. The van der Waals surface area contributed by atoms with Crippen LogP contribution < -0.4 is 15.5 Å². The highest BCUT2D eigenvalue weighted by molar-refractivity contribution is 6.21. The third-order valence-corrected chi connectivity index (χ3v) is 10.0. The van der Waals surface area contributed by atoms with E-state index in [-0.39, 0.29) is 12.3 Å². The van der Waals surface area contributed by atoms with Gasteiger partial charge in [0.15, 0.2) is 0 Å². The maximum absolute atomic E-state index is 5.37. The predicted molar refractivity (Wildman–Crippen MR) is 175 cm³/mol. The molecule has 4 aromatic heterocycles. The van der Waals surface area contributed by atoms with Crippen molar-refractivity contribution in [2.24, 2.45) is 4.99 Å². The Morgan fingerprint density at radius 1 is 0.727 bits per heavy atom. The van der Waals surface area contributed by atoms with Crippen LogP contribution in [-0.2, 0) is 0 Å². The molecule has 9 heteroatoms. The van der Waals surface area contributed by atoms with E-state index in [4.69, 9.17) is 9.98 Å². The summed E-state index contributed by atoms with van der Waals surface area (Å²) in [6, 6.07) is 26.6. The number of nitrogens with zero attached hydrogens (tertiary/aromatic N) is 7. The van der Waals surface area contributed by atoms with Crippen LogP contribution in [0.15, 0.2) is 96.4 Å². The Morgan fingerprint density at radius 3 is 2.48 bits per heavy atom. The number of para-hydroxylation sites is 1. The molecule has 0 amide bonds. The summed E-state index contributed by atoms with van der Waals surface area (Å²) in [5.41, 5.74) is 7.69. The van der Waals surface area contributed by atoms with Gasteiger partial charge in [-0.1, -0.05) is 24.3 Å². The van der Waals surface area contributed by atoms with E-state index < -0.39 is 0 Å². The number of benzene rings is 2. The molecule has 218 valence electrons. The van der Waals surface area contributed by atoms with E-state index in [1.165, 1.54) is 18.5 Å². The van der Waals surface area contributed by atoms with Crippen molar-refractivity contribution in [2.75, 3.05) is 18.0 Å². The maximum Gasteiger partial charge on any atom is 0.204 e. The van der Waals surface area contributed by atoms with Gasteiger partial charge >= 0.3 is 0 Å². The fourth-order valence-corrected chi connectivity index (χ4v) is 8.29. The van der Waals surface area contributed by atoms with E-state index in [9.17, 15) is 0 Å². The highest BCUT2D eigenvalue weighted by Gasteiger charge is 2.53. The lowest BCUT2D eigenvalue weighted by molar-refractivity contribution is 0.141. The number of aliphatic imine (C=N–C) groups is 1. The van der Waals surface area contributed by atoms with E-state index in [0.29, 0.717) is 12.1 Å². The molecule has 4 atom stereocenters. The summed E-state index contributed by atoms with van der Waals surface area (Å²) >= 11 is 0. The minimum Gasteiger partial charge on any atom is -0.307 e. The standard InChI is InChI=1S/C35H33N9/c1-2-8-22(9-3-1)41-27-15-19-36-21-25(27)30-31-28(13-6-16-37-31)42(34(30)41)23-10-4-11-24(20-23)43-29-14-7-18-39-33(29)44-32-26(40-35(43)44)12-5-17-38-32/h1-4,6,8-11,13,15-16,19-21,26,29,32-33,38-39H,5,7,12,14,17-18H2. The molecule has 0 radical (unpaired) electrons. The summed E-state index contributed by atoms with van der Waals surface area (Å²) in [5, 5.41) is 9.87. The van der Waals surface area contributed by atoms with Crippen LogP contribution in [0, 0.1) is 0 Å². The first kappa shape index (κ1) is 24.7. The Morgan fingerprint density at radius 2 is 1.55 bits per heavy atom. The number of aromatic nitrogens is 4. The zero-order valence-corrected chi connectivity index (χ0v) is 24.3. The Hall–Kier alpha value is -4.73. The van der Waals surface area contributed by atoms with Gasteiger partial charge in [0, 0.05) is 41.0 Å². The van der Waals surface area contributed by atoms with Gasteiger partial charge in [-0.15, -0.1) is 0 Å². The first-order valence-electron chi connectivity index (χ1n) is 15.9. The van der Waals surface area contributed by atoms with Gasteiger partial charge in [0.05, 0.1) is 34.0 Å². The van der Waals surface area contributed by atoms with Crippen LogP contribution in [0.25, 0.3) is 44.3 Å². The molecule has 8 heterocycles. The minimum absolute atomic E-state index is 0.267. The van der Waals surface area contributed by atoms with Crippen LogP contribution in [0.3, 0.4) is 0 Å². The van der Waals surface area contributed by atoms with Gasteiger partial charge in [-0.2, -0.15) is 0 Å². The average molecular weight is 580 g/mol. The van der Waals surface area contributed by atoms with Crippen molar-refractivity contribution in [2.45, 2.75) is 50.1 Å². The lowest BCUT2D eigenvalue weighted by atomic mass is 10.0. The SMILES string of the molecule is c1ccc(-n2c3ccncc3c3c4ncccc4n(-c4cccc(N5C6=NC7CCCNC7N6C6NCCCC65)c4)c32)cc1. The van der Waals surface area contributed by atoms with Gasteiger partial charge in [0.2, 0.25) is 5.96 Å². The number of rotatable bonds is 3. The molecule has 6 aromatic rings. The third-order valence-electron chi connectivity index (χ3n) is 10.0. The highest BCUT2D eigenvalue weighted by atomic mass is 15.6. The van der Waals surface area contributed by atoms with E-state index in [1.54, 1.807) is 0 Å². The molecule has 2 N–H and O–H groups in total. The first-order valence-corrected chi connectivity index (χ1v) is 15.9. The number of hydrogen-bond donors (Lipinski definition) is 2. The van der Waals surface area contributed by atoms with Gasteiger partial charge in [-0.05, 0) is 87.3 Å². The number of pyridine rings is 2. The quantitative estimate of drug-likeness (QED) is 0.302. The second kappa shape index (κ2) is 9.38. The molecule has 44 heavy (non-hydrogen) atoms. The summed E-state index contributed by atoms with van der Waals surface area (Å²) in [4.78, 5) is 19.9. The van der Waals surface area contributed by atoms with Gasteiger partial charge in [0.25, 0.3) is 0 Å². The van der Waals surface area contributed by atoms with Crippen molar-refractivity contribution in [3.63, 3.8) is 0 Å². The van der Waals surface area contributed by atoms with Crippen LogP contribution in [0.1, 0.15) is 25.7 Å². The molecule has 4 unspecified atom stereocenters. The van der Waals surface area contributed by atoms with Gasteiger partial charge < -0.3 is 9.80 Å². The number of nitrogens with one attached hydrogen (secondary N) is 2. The van der Waals surface area contributed by atoms with Crippen molar-refractivity contribution >= 4 is 44.6 Å². The second-order valence-corrected chi connectivity index (χ2v) is 12.4. The molecule has 4 aliphatic rings. The lowest BCUT2D eigenvalue weighted by Crippen LogP contribution is -2.60. The molecule has 0 bridgehead atoms. The van der Waals surface area contributed by atoms with Crippen LogP contribution in [0.5, 0.6) is 0 Å². The summed E-state index contributed by atoms with van der Waals surface area (Å²) in [5.74, 6) is 1.12. The molecule has 4 aliphatic heterocycles. The number of guanidine groups is 1. The summed E-state index contributed by atoms with van der Waals surface area (Å²) in [7, 11) is 0. The lowest BCUT2D eigenvalue weighted by Gasteiger charge is -2.38. The second-order valence-electron chi connectivity index (χ2n) is 12.4. The van der Waals surface area contributed by atoms with Gasteiger partial charge in [-0.3, -0.25) is 29.7 Å². The fourth-order valence-electron chi connectivity index (χ4n) is 8.29. The van der Waals surface area contributed by atoms with Crippen LogP contribution in [-0.4, -0.2) is 67.5 Å². The zero-order valence-electron chi connectivity index (χ0n) is 24.3. The summed E-state index contributed by atoms with van der Waals surface area (Å²) < 4.78 is 4.74. The monoisotopic (exact) mass is 579 g/mol. The molecule has 0 saturated carbocycles. The minimum atomic E-state index is 0.267. The van der Waals surface area contributed by atoms with Crippen molar-refractivity contribution in [3.05, 3.63) is 91.4 Å². The fraction of sp³-hybridized carbons (Fsp3) is 0.286. The Bertz CT molecular complexity index is 2090. The molecule has 3 saturated heterocycles. The predicted octanol–water partition coefficient (Wildman–Crippen LogP) is 5.17. The molecule has 0 aliphatic carbocycles. The summed E-state index contributed by atoms with van der Waals surface area (Å²) in [6.07, 6.45) is 10.9. The Labute approximate surface area is 254 Å².